The van der Waals surface area contributed by atoms with Gasteiger partial charge in [0.2, 0.25) is 0 Å². The SMILES string of the molecule is c1ccc(C2=NO[C@@H](Cn3c4ccccc4c4ccccc43)C2)cc1. The van der Waals surface area contributed by atoms with Crippen molar-refractivity contribution in [2.24, 2.45) is 5.16 Å². The van der Waals surface area contributed by atoms with E-state index in [0.717, 1.165) is 24.2 Å². The molecular formula is C22H18N2O. The third kappa shape index (κ3) is 2.40. The van der Waals surface area contributed by atoms with Gasteiger partial charge in [-0.1, -0.05) is 71.9 Å². The van der Waals surface area contributed by atoms with Gasteiger partial charge < -0.3 is 9.40 Å². The van der Waals surface area contributed by atoms with Crippen LogP contribution in [-0.2, 0) is 11.4 Å². The fraction of sp³-hybridized carbons (Fsp3) is 0.136. The molecule has 3 heteroatoms. The molecule has 0 bridgehead atoms. The zero-order valence-corrected chi connectivity index (χ0v) is 13.8. The Hall–Kier alpha value is -3.07. The molecule has 0 saturated carbocycles. The maximum atomic E-state index is 5.76. The van der Waals surface area contributed by atoms with Crippen molar-refractivity contribution in [3.05, 3.63) is 84.4 Å². The highest BCUT2D eigenvalue weighted by atomic mass is 16.6. The second kappa shape index (κ2) is 5.78. The molecule has 4 aromatic rings. The summed E-state index contributed by atoms with van der Waals surface area (Å²) in [6.07, 6.45) is 0.902. The Bertz CT molecular complexity index is 1030. The van der Waals surface area contributed by atoms with Crippen LogP contribution < -0.4 is 0 Å². The zero-order chi connectivity index (χ0) is 16.6. The molecule has 3 nitrogen and oxygen atoms in total. The number of hydrogen-bond donors (Lipinski definition) is 0. The first-order valence-electron chi connectivity index (χ1n) is 8.64. The second-order valence-corrected chi connectivity index (χ2v) is 6.48. The monoisotopic (exact) mass is 326 g/mol. The van der Waals surface area contributed by atoms with E-state index in [9.17, 15) is 0 Å². The quantitative estimate of drug-likeness (QED) is 0.521. The molecule has 3 aromatic carbocycles. The van der Waals surface area contributed by atoms with Crippen molar-refractivity contribution in [2.45, 2.75) is 19.1 Å². The lowest BCUT2D eigenvalue weighted by Crippen LogP contribution is -2.16. The third-order valence-corrected chi connectivity index (χ3v) is 4.91. The molecule has 0 unspecified atom stereocenters. The third-order valence-electron chi connectivity index (χ3n) is 4.91. The van der Waals surface area contributed by atoms with Gasteiger partial charge in [0.05, 0.1) is 12.3 Å². The number of para-hydroxylation sites is 2. The maximum absolute atomic E-state index is 5.76. The van der Waals surface area contributed by atoms with Crippen molar-refractivity contribution in [2.75, 3.05) is 0 Å². The normalized spacial score (nSPS) is 17.0. The Balaban J connectivity index is 1.49. The van der Waals surface area contributed by atoms with Crippen molar-refractivity contribution in [1.29, 1.82) is 0 Å². The molecule has 0 amide bonds. The summed E-state index contributed by atoms with van der Waals surface area (Å²) in [4.78, 5) is 5.76. The van der Waals surface area contributed by atoms with Crippen LogP contribution in [0.4, 0.5) is 0 Å². The molecule has 0 fully saturated rings. The molecule has 2 heterocycles. The fourth-order valence-corrected chi connectivity index (χ4v) is 3.73. The standard InChI is InChI=1S/C22H18N2O/c1-2-8-16(9-3-1)20-14-17(25-23-20)15-24-21-12-6-4-10-18(21)19-11-5-7-13-22(19)24/h1-13,17H,14-15H2/t17-/m1/s1. The van der Waals surface area contributed by atoms with Gasteiger partial charge in [-0.3, -0.25) is 0 Å². The summed E-state index contributed by atoms with van der Waals surface area (Å²) in [5.41, 5.74) is 4.68. The van der Waals surface area contributed by atoms with Crippen molar-refractivity contribution < 1.29 is 4.84 Å². The summed E-state index contributed by atoms with van der Waals surface area (Å²) in [7, 11) is 0. The van der Waals surface area contributed by atoms with Crippen LogP contribution in [-0.4, -0.2) is 16.4 Å². The molecular weight excluding hydrogens is 308 g/mol. The first kappa shape index (κ1) is 14.3. The van der Waals surface area contributed by atoms with E-state index in [2.05, 4.69) is 70.4 Å². The summed E-state index contributed by atoms with van der Waals surface area (Å²) in [6, 6.07) is 27.4. The fourth-order valence-electron chi connectivity index (χ4n) is 3.73. The van der Waals surface area contributed by atoms with E-state index in [0.29, 0.717) is 0 Å². The van der Waals surface area contributed by atoms with Gasteiger partial charge in [0.15, 0.2) is 6.10 Å². The van der Waals surface area contributed by atoms with Gasteiger partial charge in [-0.25, -0.2) is 0 Å². The van der Waals surface area contributed by atoms with Crippen molar-refractivity contribution in [3.8, 4) is 0 Å². The van der Waals surface area contributed by atoms with Crippen LogP contribution >= 0.6 is 0 Å². The Morgan fingerprint density at radius 1 is 0.800 bits per heavy atom. The summed E-state index contributed by atoms with van der Waals surface area (Å²) in [6.45, 7) is 0.799. The van der Waals surface area contributed by atoms with Crippen molar-refractivity contribution >= 4 is 27.5 Å². The number of oxime groups is 1. The van der Waals surface area contributed by atoms with Crippen molar-refractivity contribution in [3.63, 3.8) is 0 Å². The summed E-state index contributed by atoms with van der Waals surface area (Å²) in [5, 5.41) is 6.92. The molecule has 1 aliphatic rings. The van der Waals surface area contributed by atoms with Gasteiger partial charge in [0.1, 0.15) is 0 Å². The smallest absolute Gasteiger partial charge is 0.151 e. The molecule has 0 spiro atoms. The molecule has 1 aliphatic heterocycles. The van der Waals surface area contributed by atoms with Crippen LogP contribution in [0.1, 0.15) is 12.0 Å². The van der Waals surface area contributed by atoms with E-state index in [1.54, 1.807) is 0 Å². The van der Waals surface area contributed by atoms with E-state index in [-0.39, 0.29) is 6.10 Å². The zero-order valence-electron chi connectivity index (χ0n) is 13.8. The highest BCUT2D eigenvalue weighted by Gasteiger charge is 2.24. The summed E-state index contributed by atoms with van der Waals surface area (Å²) < 4.78 is 2.36. The van der Waals surface area contributed by atoms with Gasteiger partial charge in [0.25, 0.3) is 0 Å². The summed E-state index contributed by atoms with van der Waals surface area (Å²) >= 11 is 0. The van der Waals surface area contributed by atoms with E-state index < -0.39 is 0 Å². The minimum Gasteiger partial charge on any atom is -0.390 e. The van der Waals surface area contributed by atoms with E-state index in [4.69, 9.17) is 4.84 Å². The maximum Gasteiger partial charge on any atom is 0.151 e. The molecule has 5 rings (SSSR count). The Labute approximate surface area is 146 Å². The van der Waals surface area contributed by atoms with E-state index in [1.807, 2.05) is 18.2 Å². The largest absolute Gasteiger partial charge is 0.390 e. The van der Waals surface area contributed by atoms with E-state index in [1.165, 1.54) is 21.8 Å². The average molecular weight is 326 g/mol. The Morgan fingerprint density at radius 3 is 2.08 bits per heavy atom. The molecule has 0 aliphatic carbocycles. The predicted molar refractivity (Wildman–Crippen MR) is 102 cm³/mol. The van der Waals surface area contributed by atoms with Gasteiger partial charge in [-0.15, -0.1) is 0 Å². The van der Waals surface area contributed by atoms with Gasteiger partial charge >= 0.3 is 0 Å². The van der Waals surface area contributed by atoms with Crippen LogP contribution in [0.5, 0.6) is 0 Å². The number of aromatic nitrogens is 1. The van der Waals surface area contributed by atoms with Gasteiger partial charge in [-0.2, -0.15) is 0 Å². The van der Waals surface area contributed by atoms with Crippen molar-refractivity contribution in [1.82, 2.24) is 4.57 Å². The average Bonchev–Trinajstić information content (AvgIpc) is 3.27. The highest BCUT2D eigenvalue weighted by molar-refractivity contribution is 6.08. The number of nitrogens with zero attached hydrogens (tertiary/aromatic N) is 2. The number of rotatable bonds is 3. The minimum absolute atomic E-state index is 0.0643. The lowest BCUT2D eigenvalue weighted by Gasteiger charge is -2.12. The number of benzene rings is 3. The molecule has 0 saturated heterocycles. The summed E-state index contributed by atoms with van der Waals surface area (Å²) in [5.74, 6) is 0. The highest BCUT2D eigenvalue weighted by Crippen LogP contribution is 2.30. The van der Waals surface area contributed by atoms with E-state index >= 15 is 0 Å². The molecule has 122 valence electrons. The molecule has 0 radical (unpaired) electrons. The van der Waals surface area contributed by atoms with Gasteiger partial charge in [0, 0.05) is 28.2 Å². The lowest BCUT2D eigenvalue weighted by atomic mass is 10.1. The number of fused-ring (bicyclic) bond motifs is 3. The first-order chi connectivity index (χ1) is 12.4. The minimum atomic E-state index is 0.0643. The second-order valence-electron chi connectivity index (χ2n) is 6.48. The molecule has 1 atom stereocenters. The van der Waals surface area contributed by atoms with Crippen LogP contribution in [0.25, 0.3) is 21.8 Å². The predicted octanol–water partition coefficient (Wildman–Crippen LogP) is 4.99. The number of hydrogen-bond acceptors (Lipinski definition) is 2. The lowest BCUT2D eigenvalue weighted by molar-refractivity contribution is 0.0742. The molecule has 1 aromatic heterocycles. The molecule has 25 heavy (non-hydrogen) atoms. The Kier molecular flexibility index (Phi) is 3.30. The Morgan fingerprint density at radius 2 is 1.40 bits per heavy atom. The van der Waals surface area contributed by atoms with Crippen LogP contribution in [0.15, 0.2) is 84.0 Å². The van der Waals surface area contributed by atoms with Gasteiger partial charge in [-0.05, 0) is 17.7 Å². The molecule has 0 N–H and O–H groups in total. The van der Waals surface area contributed by atoms with Crippen LogP contribution in [0.3, 0.4) is 0 Å². The van der Waals surface area contributed by atoms with Crippen LogP contribution in [0.2, 0.25) is 0 Å². The first-order valence-corrected chi connectivity index (χ1v) is 8.64. The van der Waals surface area contributed by atoms with Crippen LogP contribution in [0, 0.1) is 0 Å². The topological polar surface area (TPSA) is 26.5 Å².